The van der Waals surface area contributed by atoms with Crippen LogP contribution in [0.4, 0.5) is 0 Å². The average Bonchev–Trinajstić information content (AvgIpc) is 2.75. The quantitative estimate of drug-likeness (QED) is 0.849. The predicted molar refractivity (Wildman–Crippen MR) is 68.5 cm³/mol. The van der Waals surface area contributed by atoms with Crippen molar-refractivity contribution in [3.63, 3.8) is 0 Å². The summed E-state index contributed by atoms with van der Waals surface area (Å²) in [5.41, 5.74) is 0.389. The molecule has 1 aliphatic carbocycles. The van der Waals surface area contributed by atoms with Crippen LogP contribution in [0.15, 0.2) is 12.1 Å². The van der Waals surface area contributed by atoms with Crippen LogP contribution >= 0.6 is 23.2 Å². The van der Waals surface area contributed by atoms with Crippen LogP contribution in [0.2, 0.25) is 10.3 Å². The van der Waals surface area contributed by atoms with E-state index in [4.69, 9.17) is 28.5 Å². The lowest BCUT2D eigenvalue weighted by molar-refractivity contribution is 0.0937. The Bertz CT molecular complexity index is 492. The van der Waals surface area contributed by atoms with Crippen LogP contribution in [-0.2, 0) is 0 Å². The summed E-state index contributed by atoms with van der Waals surface area (Å²) in [7, 11) is 0. The number of hydrogen-bond acceptors (Lipinski definition) is 3. The van der Waals surface area contributed by atoms with Gasteiger partial charge in [-0.25, -0.2) is 4.98 Å². The molecular formula is C12H11Cl2N3O. The van der Waals surface area contributed by atoms with E-state index in [1.54, 1.807) is 0 Å². The zero-order valence-corrected chi connectivity index (χ0v) is 11.0. The summed E-state index contributed by atoms with van der Waals surface area (Å²) in [6.45, 7) is 0. The summed E-state index contributed by atoms with van der Waals surface area (Å²) in [5.74, 6) is -0.190. The van der Waals surface area contributed by atoms with Crippen LogP contribution in [0.5, 0.6) is 0 Å². The second-order valence-electron chi connectivity index (χ2n) is 4.31. The molecule has 1 saturated carbocycles. The molecule has 1 N–H and O–H groups in total. The monoisotopic (exact) mass is 283 g/mol. The van der Waals surface area contributed by atoms with Crippen molar-refractivity contribution in [1.29, 1.82) is 5.26 Å². The van der Waals surface area contributed by atoms with E-state index in [-0.39, 0.29) is 28.2 Å². The van der Waals surface area contributed by atoms with Crippen LogP contribution < -0.4 is 5.32 Å². The van der Waals surface area contributed by atoms with Gasteiger partial charge in [0.2, 0.25) is 0 Å². The normalized spacial score (nSPS) is 22.5. The van der Waals surface area contributed by atoms with Crippen LogP contribution in [0.25, 0.3) is 0 Å². The number of nitriles is 1. The summed E-state index contributed by atoms with van der Waals surface area (Å²) in [6, 6.07) is 5.21. The minimum absolute atomic E-state index is 0.0416. The first kappa shape index (κ1) is 13.1. The molecule has 1 heterocycles. The molecule has 4 nitrogen and oxygen atoms in total. The van der Waals surface area contributed by atoms with E-state index in [1.165, 1.54) is 12.1 Å². The SMILES string of the molecule is N#C[C@H]1CC[C@@H](NC(=O)c2cc(Cl)nc(Cl)c2)C1. The maximum absolute atomic E-state index is 12.0. The van der Waals surface area contributed by atoms with E-state index < -0.39 is 0 Å². The van der Waals surface area contributed by atoms with Gasteiger partial charge >= 0.3 is 0 Å². The van der Waals surface area contributed by atoms with Gasteiger partial charge in [0, 0.05) is 17.5 Å². The molecule has 18 heavy (non-hydrogen) atoms. The predicted octanol–water partition coefficient (Wildman–Crippen LogP) is 2.81. The van der Waals surface area contributed by atoms with E-state index in [9.17, 15) is 4.79 Å². The van der Waals surface area contributed by atoms with Crippen LogP contribution in [0, 0.1) is 17.2 Å². The molecule has 1 aromatic rings. The van der Waals surface area contributed by atoms with Gasteiger partial charge in [-0.05, 0) is 31.4 Å². The summed E-state index contributed by atoms with van der Waals surface area (Å²) in [6.07, 6.45) is 2.37. The molecule has 0 aliphatic heterocycles. The van der Waals surface area contributed by atoms with E-state index in [0.29, 0.717) is 12.0 Å². The standard InChI is InChI=1S/C12H11Cl2N3O/c13-10-4-8(5-11(14)17-10)12(18)16-9-2-1-7(3-9)6-15/h4-5,7,9H,1-3H2,(H,16,18)/t7-,9+/m0/s1. The molecule has 2 rings (SSSR count). The number of hydrogen-bond donors (Lipinski definition) is 1. The molecule has 0 bridgehead atoms. The molecule has 2 atom stereocenters. The number of halogens is 2. The Labute approximate surface area is 115 Å². The minimum atomic E-state index is -0.232. The molecular weight excluding hydrogens is 273 g/mol. The molecule has 0 radical (unpaired) electrons. The van der Waals surface area contributed by atoms with E-state index in [2.05, 4.69) is 16.4 Å². The Morgan fingerprint density at radius 2 is 2.06 bits per heavy atom. The maximum Gasteiger partial charge on any atom is 0.251 e. The Balaban J connectivity index is 2.02. The number of amides is 1. The van der Waals surface area contributed by atoms with Crippen LogP contribution in [-0.4, -0.2) is 16.9 Å². The fourth-order valence-corrected chi connectivity index (χ4v) is 2.56. The lowest BCUT2D eigenvalue weighted by Crippen LogP contribution is -2.32. The zero-order valence-electron chi connectivity index (χ0n) is 9.49. The first-order valence-corrected chi connectivity index (χ1v) is 6.37. The molecule has 0 unspecified atom stereocenters. The van der Waals surface area contributed by atoms with Gasteiger partial charge in [-0.1, -0.05) is 23.2 Å². The van der Waals surface area contributed by atoms with Gasteiger partial charge in [0.1, 0.15) is 10.3 Å². The third-order valence-electron chi connectivity index (χ3n) is 2.98. The Hall–Kier alpha value is -1.31. The third kappa shape index (κ3) is 3.12. The number of aromatic nitrogens is 1. The van der Waals surface area contributed by atoms with E-state index in [0.717, 1.165) is 12.8 Å². The fourth-order valence-electron chi connectivity index (χ4n) is 2.09. The molecule has 0 aromatic carbocycles. The molecule has 1 fully saturated rings. The van der Waals surface area contributed by atoms with Crippen molar-refractivity contribution in [3.05, 3.63) is 28.0 Å². The van der Waals surface area contributed by atoms with Crippen LogP contribution in [0.3, 0.4) is 0 Å². The first-order chi connectivity index (χ1) is 8.58. The summed E-state index contributed by atoms with van der Waals surface area (Å²) in [4.78, 5) is 15.7. The minimum Gasteiger partial charge on any atom is -0.349 e. The average molecular weight is 284 g/mol. The maximum atomic E-state index is 12.0. The summed E-state index contributed by atoms with van der Waals surface area (Å²) in [5, 5.41) is 12.1. The topological polar surface area (TPSA) is 65.8 Å². The largest absolute Gasteiger partial charge is 0.349 e. The fraction of sp³-hybridized carbons (Fsp3) is 0.417. The highest BCUT2D eigenvalue weighted by atomic mass is 35.5. The molecule has 0 spiro atoms. The second-order valence-corrected chi connectivity index (χ2v) is 5.09. The van der Waals surface area contributed by atoms with Crippen molar-refractivity contribution in [2.45, 2.75) is 25.3 Å². The van der Waals surface area contributed by atoms with Crippen molar-refractivity contribution < 1.29 is 4.79 Å². The van der Waals surface area contributed by atoms with Crippen molar-refractivity contribution >= 4 is 29.1 Å². The van der Waals surface area contributed by atoms with Gasteiger partial charge in [0.05, 0.1) is 6.07 Å². The highest BCUT2D eigenvalue weighted by Gasteiger charge is 2.26. The smallest absolute Gasteiger partial charge is 0.251 e. The van der Waals surface area contributed by atoms with Crippen molar-refractivity contribution in [1.82, 2.24) is 10.3 Å². The Morgan fingerprint density at radius 1 is 1.39 bits per heavy atom. The van der Waals surface area contributed by atoms with Gasteiger partial charge in [-0.2, -0.15) is 5.26 Å². The highest BCUT2D eigenvalue weighted by molar-refractivity contribution is 6.33. The lowest BCUT2D eigenvalue weighted by Gasteiger charge is -2.12. The molecule has 0 saturated heterocycles. The summed E-state index contributed by atoms with van der Waals surface area (Å²) < 4.78 is 0. The van der Waals surface area contributed by atoms with E-state index in [1.807, 2.05) is 0 Å². The summed E-state index contributed by atoms with van der Waals surface area (Å²) >= 11 is 11.5. The van der Waals surface area contributed by atoms with Gasteiger partial charge in [0.15, 0.2) is 0 Å². The third-order valence-corrected chi connectivity index (χ3v) is 3.36. The molecule has 94 valence electrons. The number of carbonyl (C=O) groups excluding carboxylic acids is 1. The zero-order chi connectivity index (χ0) is 13.1. The van der Waals surface area contributed by atoms with Crippen LogP contribution in [0.1, 0.15) is 29.6 Å². The first-order valence-electron chi connectivity index (χ1n) is 5.62. The van der Waals surface area contributed by atoms with Gasteiger partial charge in [-0.3, -0.25) is 4.79 Å². The van der Waals surface area contributed by atoms with Crippen molar-refractivity contribution in [2.75, 3.05) is 0 Å². The lowest BCUT2D eigenvalue weighted by atomic mass is 10.1. The van der Waals surface area contributed by atoms with Gasteiger partial charge < -0.3 is 5.32 Å². The number of nitrogens with one attached hydrogen (secondary N) is 1. The Kier molecular flexibility index (Phi) is 4.05. The molecule has 1 aliphatic rings. The molecule has 1 amide bonds. The van der Waals surface area contributed by atoms with E-state index >= 15 is 0 Å². The van der Waals surface area contributed by atoms with Crippen molar-refractivity contribution in [3.8, 4) is 6.07 Å². The van der Waals surface area contributed by atoms with Crippen molar-refractivity contribution in [2.24, 2.45) is 5.92 Å². The second kappa shape index (κ2) is 5.55. The molecule has 6 heteroatoms. The van der Waals surface area contributed by atoms with Gasteiger partial charge in [0.25, 0.3) is 5.91 Å². The number of carbonyl (C=O) groups is 1. The Morgan fingerprint density at radius 3 is 2.61 bits per heavy atom. The van der Waals surface area contributed by atoms with Gasteiger partial charge in [-0.15, -0.1) is 0 Å². The number of rotatable bonds is 2. The highest BCUT2D eigenvalue weighted by Crippen LogP contribution is 2.25. The number of nitrogens with zero attached hydrogens (tertiary/aromatic N) is 2. The molecule has 1 aromatic heterocycles. The number of pyridine rings is 1.